The Hall–Kier alpha value is -1.06. The molecule has 0 spiro atoms. The molecule has 19 heavy (non-hydrogen) atoms. The fraction of sp³-hybridized carbons (Fsp3) is 0.867. The van der Waals surface area contributed by atoms with E-state index in [1.807, 2.05) is 27.7 Å². The average molecular weight is 270 g/mol. The highest BCUT2D eigenvalue weighted by molar-refractivity contribution is 5.79. The summed E-state index contributed by atoms with van der Waals surface area (Å²) in [4.78, 5) is 23.6. The van der Waals surface area contributed by atoms with Crippen molar-refractivity contribution in [3.63, 3.8) is 0 Å². The molecule has 0 aromatic heterocycles. The third-order valence-corrected chi connectivity index (χ3v) is 4.02. The molecule has 0 N–H and O–H groups in total. The number of ether oxygens (including phenoxy) is 2. The molecule has 110 valence electrons. The zero-order valence-electron chi connectivity index (χ0n) is 12.9. The summed E-state index contributed by atoms with van der Waals surface area (Å²) in [5, 5.41) is 0. The van der Waals surface area contributed by atoms with Crippen LogP contribution < -0.4 is 0 Å². The first-order valence-corrected chi connectivity index (χ1v) is 6.93. The molecule has 1 saturated heterocycles. The molecular formula is C15H26O4. The van der Waals surface area contributed by atoms with Crippen molar-refractivity contribution in [3.8, 4) is 0 Å². The minimum Gasteiger partial charge on any atom is -0.462 e. The summed E-state index contributed by atoms with van der Waals surface area (Å²) in [6.45, 7) is 12.5. The molecule has 4 nitrogen and oxygen atoms in total. The van der Waals surface area contributed by atoms with Gasteiger partial charge in [0.25, 0.3) is 0 Å². The summed E-state index contributed by atoms with van der Waals surface area (Å²) in [6, 6.07) is 0. The summed E-state index contributed by atoms with van der Waals surface area (Å²) >= 11 is 0. The van der Waals surface area contributed by atoms with Crippen molar-refractivity contribution < 1.29 is 19.1 Å². The molecule has 1 heterocycles. The van der Waals surface area contributed by atoms with Gasteiger partial charge >= 0.3 is 11.9 Å². The molecule has 0 radical (unpaired) electrons. The van der Waals surface area contributed by atoms with E-state index < -0.39 is 11.5 Å². The van der Waals surface area contributed by atoms with Gasteiger partial charge in [0.05, 0.1) is 11.8 Å². The molecule has 1 rings (SSSR count). The van der Waals surface area contributed by atoms with E-state index in [0.717, 1.165) is 6.42 Å². The Bertz CT molecular complexity index is 354. The zero-order valence-corrected chi connectivity index (χ0v) is 12.9. The minimum absolute atomic E-state index is 0.174. The Morgan fingerprint density at radius 1 is 1.37 bits per heavy atom. The van der Waals surface area contributed by atoms with Crippen molar-refractivity contribution in [1.82, 2.24) is 0 Å². The SMILES string of the molecule is CC(C)CC(C)(C(=O)OC1COC(=O)C1)C(C)(C)C. The maximum Gasteiger partial charge on any atom is 0.312 e. The maximum atomic E-state index is 12.5. The first kappa shape index (κ1) is 16.0. The van der Waals surface area contributed by atoms with Crippen LogP contribution in [0.1, 0.15) is 54.4 Å². The molecule has 0 saturated carbocycles. The highest BCUT2D eigenvalue weighted by atomic mass is 16.6. The van der Waals surface area contributed by atoms with Gasteiger partial charge in [-0.1, -0.05) is 34.6 Å². The number of carbonyl (C=O) groups is 2. The lowest BCUT2D eigenvalue weighted by Crippen LogP contribution is -2.44. The second-order valence-corrected chi connectivity index (χ2v) is 7.09. The summed E-state index contributed by atoms with van der Waals surface area (Å²) < 4.78 is 10.3. The maximum absolute atomic E-state index is 12.5. The summed E-state index contributed by atoms with van der Waals surface area (Å²) in [5.74, 6) is -0.116. The third kappa shape index (κ3) is 3.71. The van der Waals surface area contributed by atoms with Crippen molar-refractivity contribution in [1.29, 1.82) is 0 Å². The molecule has 0 amide bonds. The van der Waals surface area contributed by atoms with E-state index in [2.05, 4.69) is 13.8 Å². The van der Waals surface area contributed by atoms with E-state index in [4.69, 9.17) is 9.47 Å². The van der Waals surface area contributed by atoms with Gasteiger partial charge in [-0.2, -0.15) is 0 Å². The second-order valence-electron chi connectivity index (χ2n) is 7.09. The van der Waals surface area contributed by atoms with Gasteiger partial charge in [-0.05, 0) is 24.7 Å². The van der Waals surface area contributed by atoms with E-state index in [9.17, 15) is 9.59 Å². The highest BCUT2D eigenvalue weighted by Crippen LogP contribution is 2.44. The Morgan fingerprint density at radius 2 is 1.95 bits per heavy atom. The van der Waals surface area contributed by atoms with Crippen molar-refractivity contribution in [2.24, 2.45) is 16.7 Å². The fourth-order valence-electron chi connectivity index (χ4n) is 2.36. The van der Waals surface area contributed by atoms with Gasteiger partial charge in [-0.3, -0.25) is 9.59 Å². The van der Waals surface area contributed by atoms with Gasteiger partial charge in [0.1, 0.15) is 12.7 Å². The van der Waals surface area contributed by atoms with Crippen LogP contribution in [0.25, 0.3) is 0 Å². The normalized spacial score (nSPS) is 23.1. The van der Waals surface area contributed by atoms with Crippen LogP contribution in [0.15, 0.2) is 0 Å². The minimum atomic E-state index is -0.563. The highest BCUT2D eigenvalue weighted by Gasteiger charge is 2.47. The Kier molecular flexibility index (Phi) is 4.64. The van der Waals surface area contributed by atoms with Gasteiger partial charge in [0, 0.05) is 0 Å². The Balaban J connectivity index is 2.80. The van der Waals surface area contributed by atoms with Crippen LogP contribution in [0, 0.1) is 16.7 Å². The largest absolute Gasteiger partial charge is 0.462 e. The van der Waals surface area contributed by atoms with Crippen molar-refractivity contribution in [2.75, 3.05) is 6.61 Å². The van der Waals surface area contributed by atoms with Gasteiger partial charge < -0.3 is 9.47 Å². The molecule has 2 atom stereocenters. The standard InChI is InChI=1S/C15H26O4/c1-10(2)8-15(6,14(3,4)5)13(17)19-11-7-12(16)18-9-11/h10-11H,7-9H2,1-6H3. The van der Waals surface area contributed by atoms with Crippen LogP contribution in [-0.4, -0.2) is 24.6 Å². The molecule has 2 unspecified atom stereocenters. The number of esters is 2. The van der Waals surface area contributed by atoms with Gasteiger partial charge in [-0.25, -0.2) is 0 Å². The molecule has 0 aliphatic carbocycles. The molecule has 0 aromatic rings. The fourth-order valence-corrected chi connectivity index (χ4v) is 2.36. The van der Waals surface area contributed by atoms with Crippen LogP contribution >= 0.6 is 0 Å². The quantitative estimate of drug-likeness (QED) is 0.737. The first-order valence-electron chi connectivity index (χ1n) is 6.93. The molecular weight excluding hydrogens is 244 g/mol. The molecule has 1 aliphatic heterocycles. The monoisotopic (exact) mass is 270 g/mol. The molecule has 1 fully saturated rings. The van der Waals surface area contributed by atoms with Crippen LogP contribution in [0.2, 0.25) is 0 Å². The van der Waals surface area contributed by atoms with Crippen molar-refractivity contribution in [2.45, 2.75) is 60.5 Å². The smallest absolute Gasteiger partial charge is 0.312 e. The number of rotatable bonds is 4. The average Bonchev–Trinajstić information content (AvgIpc) is 2.61. The zero-order chi connectivity index (χ0) is 14.8. The molecule has 0 bridgehead atoms. The van der Waals surface area contributed by atoms with Crippen LogP contribution in [0.3, 0.4) is 0 Å². The van der Waals surface area contributed by atoms with Gasteiger partial charge in [0.15, 0.2) is 0 Å². The second kappa shape index (κ2) is 5.51. The van der Waals surface area contributed by atoms with Crippen molar-refractivity contribution in [3.05, 3.63) is 0 Å². The number of carbonyl (C=O) groups excluding carboxylic acids is 2. The third-order valence-electron chi connectivity index (χ3n) is 4.02. The van der Waals surface area contributed by atoms with Crippen molar-refractivity contribution >= 4 is 11.9 Å². The van der Waals surface area contributed by atoms with Gasteiger partial charge in [0.2, 0.25) is 0 Å². The summed E-state index contributed by atoms with van der Waals surface area (Å²) in [6.07, 6.45) is 0.513. The van der Waals surface area contributed by atoms with E-state index in [-0.39, 0.29) is 30.4 Å². The van der Waals surface area contributed by atoms with E-state index >= 15 is 0 Å². The first-order chi connectivity index (χ1) is 8.56. The van der Waals surface area contributed by atoms with E-state index in [1.54, 1.807) is 0 Å². The number of hydrogen-bond donors (Lipinski definition) is 0. The summed E-state index contributed by atoms with van der Waals surface area (Å²) in [5.41, 5.74) is -0.759. The molecule has 1 aliphatic rings. The summed E-state index contributed by atoms with van der Waals surface area (Å²) in [7, 11) is 0. The predicted octanol–water partition coefficient (Wildman–Crippen LogP) is 2.94. The molecule has 0 aromatic carbocycles. The number of hydrogen-bond acceptors (Lipinski definition) is 4. The van der Waals surface area contributed by atoms with Gasteiger partial charge in [-0.15, -0.1) is 0 Å². The lowest BCUT2D eigenvalue weighted by Gasteiger charge is -2.41. The molecule has 4 heteroatoms. The lowest BCUT2D eigenvalue weighted by molar-refractivity contribution is -0.169. The number of cyclic esters (lactones) is 1. The van der Waals surface area contributed by atoms with E-state index in [1.165, 1.54) is 0 Å². The van der Waals surface area contributed by atoms with Crippen LogP contribution in [0.4, 0.5) is 0 Å². The van der Waals surface area contributed by atoms with E-state index in [0.29, 0.717) is 5.92 Å². The topological polar surface area (TPSA) is 52.6 Å². The Labute approximate surface area is 115 Å². The van der Waals surface area contributed by atoms with Crippen LogP contribution in [-0.2, 0) is 19.1 Å². The van der Waals surface area contributed by atoms with Crippen LogP contribution in [0.5, 0.6) is 0 Å². The Morgan fingerprint density at radius 3 is 2.32 bits per heavy atom. The lowest BCUT2D eigenvalue weighted by atomic mass is 9.64. The predicted molar refractivity (Wildman–Crippen MR) is 72.5 cm³/mol.